The zero-order valence-corrected chi connectivity index (χ0v) is 21.8. The molecule has 212 valence electrons. The first-order valence-corrected chi connectivity index (χ1v) is 13.7. The van der Waals surface area contributed by atoms with Gasteiger partial charge in [0, 0.05) is 11.1 Å². The largest absolute Gasteiger partial charge is 0.369 e. The lowest BCUT2D eigenvalue weighted by Crippen LogP contribution is -2.58. The lowest BCUT2D eigenvalue weighted by molar-refractivity contribution is 0.408. The minimum Gasteiger partial charge on any atom is -0.369 e. The minimum atomic E-state index is -5.00. The van der Waals surface area contributed by atoms with Crippen molar-refractivity contribution in [3.8, 4) is 0 Å². The molecule has 0 aliphatic carbocycles. The molecule has 2 unspecified atom stereocenters. The van der Waals surface area contributed by atoms with Crippen molar-refractivity contribution in [2.75, 3.05) is 0 Å². The van der Waals surface area contributed by atoms with Crippen LogP contribution in [-0.4, -0.2) is 49.8 Å². The van der Waals surface area contributed by atoms with E-state index in [2.05, 4.69) is 30.6 Å². The highest BCUT2D eigenvalue weighted by atomic mass is 32.2. The van der Waals surface area contributed by atoms with Crippen LogP contribution in [0.2, 0.25) is 0 Å². The SMILES string of the molecule is NC1=NC(N)(c2cccc(/C=C/c3cccc(C4(N)N=C(N)N=C(N)N4)c3S(=O)(=O)O)c2S(=O)(=O)O)NC(N)=N1. The summed E-state index contributed by atoms with van der Waals surface area (Å²) in [6.45, 7) is 0. The fraction of sp³-hybridized carbons (Fsp3) is 0.100. The average molecular weight is 593 g/mol. The molecule has 4 rings (SSSR count). The third-order valence-corrected chi connectivity index (χ3v) is 7.50. The summed E-state index contributed by atoms with van der Waals surface area (Å²) in [7, 11) is -9.99. The van der Waals surface area contributed by atoms with Gasteiger partial charge in [0.05, 0.1) is 0 Å². The predicted octanol–water partition coefficient (Wildman–Crippen LogP) is -3.05. The van der Waals surface area contributed by atoms with E-state index in [1.165, 1.54) is 36.4 Å². The Morgan fingerprint density at radius 3 is 1.32 bits per heavy atom. The zero-order chi connectivity index (χ0) is 29.7. The first-order valence-electron chi connectivity index (χ1n) is 10.9. The molecule has 2 aliphatic heterocycles. The topological polar surface area (TPSA) is 338 Å². The van der Waals surface area contributed by atoms with Gasteiger partial charge in [0.25, 0.3) is 20.2 Å². The summed E-state index contributed by atoms with van der Waals surface area (Å²) < 4.78 is 70.3. The van der Waals surface area contributed by atoms with Crippen molar-refractivity contribution < 1.29 is 25.9 Å². The van der Waals surface area contributed by atoms with Crippen molar-refractivity contribution in [1.82, 2.24) is 10.6 Å². The van der Waals surface area contributed by atoms with E-state index < -0.39 is 41.6 Å². The third kappa shape index (κ3) is 5.42. The molecule has 2 aromatic carbocycles. The lowest BCUT2D eigenvalue weighted by atomic mass is 10.0. The number of rotatable bonds is 6. The van der Waals surface area contributed by atoms with Crippen molar-refractivity contribution in [2.24, 2.45) is 54.4 Å². The lowest BCUT2D eigenvalue weighted by Gasteiger charge is -2.31. The van der Waals surface area contributed by atoms with E-state index in [0.29, 0.717) is 0 Å². The van der Waals surface area contributed by atoms with Crippen LogP contribution in [-0.2, 0) is 31.8 Å². The molecule has 2 heterocycles. The Kier molecular flexibility index (Phi) is 6.78. The Labute approximate surface area is 227 Å². The van der Waals surface area contributed by atoms with Gasteiger partial charge in [-0.05, 0) is 11.1 Å². The van der Waals surface area contributed by atoms with Crippen LogP contribution >= 0.6 is 0 Å². The predicted molar refractivity (Wildman–Crippen MR) is 146 cm³/mol. The van der Waals surface area contributed by atoms with Crippen LogP contribution in [0, 0.1) is 0 Å². The van der Waals surface area contributed by atoms with Crippen LogP contribution < -0.4 is 45.0 Å². The molecular weight excluding hydrogens is 568 g/mol. The maximum Gasteiger partial charge on any atom is 0.295 e. The highest BCUT2D eigenvalue weighted by Crippen LogP contribution is 2.33. The second-order valence-electron chi connectivity index (χ2n) is 8.45. The molecule has 2 atom stereocenters. The van der Waals surface area contributed by atoms with E-state index >= 15 is 0 Å². The molecule has 2 aliphatic rings. The van der Waals surface area contributed by atoms with Crippen LogP contribution in [0.4, 0.5) is 0 Å². The summed E-state index contributed by atoms with van der Waals surface area (Å²) in [4.78, 5) is 13.8. The molecule has 0 radical (unpaired) electrons. The van der Waals surface area contributed by atoms with Crippen LogP contribution in [0.3, 0.4) is 0 Å². The van der Waals surface area contributed by atoms with Crippen molar-refractivity contribution in [1.29, 1.82) is 0 Å². The Hall–Kier alpha value is -4.60. The molecule has 20 heteroatoms. The summed E-state index contributed by atoms with van der Waals surface area (Å²) in [5, 5.41) is 5.00. The fourth-order valence-electron chi connectivity index (χ4n) is 4.14. The number of aliphatic imine (C=N–C) groups is 4. The molecule has 0 amide bonds. The van der Waals surface area contributed by atoms with E-state index in [1.54, 1.807) is 0 Å². The van der Waals surface area contributed by atoms with Crippen molar-refractivity contribution in [3.05, 3.63) is 58.7 Å². The summed E-state index contributed by atoms with van der Waals surface area (Å²) in [6, 6.07) is 7.82. The Balaban J connectivity index is 1.91. The standard InChI is InChI=1S/C20H24N12O6S2/c21-15-27-16(22)30-19(25,29-15)11-5-1-3-9(13(11)39(33,34)35)7-8-10-4-2-6-12(14(10)40(36,37)38)20(26)31-17(23)28-18(24)32-20/h1-8H,25-26H2,(H,33,34,35)(H,36,37,38)(H5,21,22,27,29,30)(H5,23,24,28,31,32)/b8-7+. The molecule has 0 saturated heterocycles. The van der Waals surface area contributed by atoms with Crippen LogP contribution in [0.1, 0.15) is 22.3 Å². The molecule has 16 N–H and O–H groups in total. The van der Waals surface area contributed by atoms with Gasteiger partial charge in [-0.2, -0.15) is 26.8 Å². The first kappa shape index (κ1) is 28.4. The number of guanidine groups is 4. The van der Waals surface area contributed by atoms with Gasteiger partial charge in [-0.1, -0.05) is 48.6 Å². The van der Waals surface area contributed by atoms with Gasteiger partial charge in [0.15, 0.2) is 11.9 Å². The first-order chi connectivity index (χ1) is 18.4. The van der Waals surface area contributed by atoms with Crippen LogP contribution in [0.15, 0.2) is 66.2 Å². The molecule has 0 spiro atoms. The molecule has 0 bridgehead atoms. The van der Waals surface area contributed by atoms with Crippen molar-refractivity contribution in [2.45, 2.75) is 21.4 Å². The highest BCUT2D eigenvalue weighted by Gasteiger charge is 2.38. The van der Waals surface area contributed by atoms with E-state index in [4.69, 9.17) is 34.4 Å². The van der Waals surface area contributed by atoms with Crippen molar-refractivity contribution >= 4 is 56.2 Å². The smallest absolute Gasteiger partial charge is 0.295 e. The highest BCUT2D eigenvalue weighted by molar-refractivity contribution is 7.86. The number of benzene rings is 2. The Morgan fingerprint density at radius 1 is 0.675 bits per heavy atom. The van der Waals surface area contributed by atoms with Gasteiger partial charge in [-0.3, -0.25) is 20.6 Å². The van der Waals surface area contributed by atoms with Gasteiger partial charge < -0.3 is 33.6 Å². The summed E-state index contributed by atoms with van der Waals surface area (Å²) >= 11 is 0. The van der Waals surface area contributed by atoms with E-state index in [0.717, 1.165) is 12.2 Å². The van der Waals surface area contributed by atoms with E-state index in [1.807, 2.05) is 0 Å². The number of nitrogens with zero attached hydrogens (tertiary/aromatic N) is 4. The average Bonchev–Trinajstić information content (AvgIpc) is 2.79. The molecule has 0 fully saturated rings. The minimum absolute atomic E-state index is 0.162. The maximum atomic E-state index is 12.5. The number of hydrogen-bond donors (Lipinski definition) is 10. The van der Waals surface area contributed by atoms with Gasteiger partial charge in [0.2, 0.25) is 23.5 Å². The van der Waals surface area contributed by atoms with E-state index in [9.17, 15) is 25.9 Å². The Bertz CT molecular complexity index is 1650. The molecule has 0 saturated carbocycles. The zero-order valence-electron chi connectivity index (χ0n) is 20.2. The monoisotopic (exact) mass is 592 g/mol. The molecule has 40 heavy (non-hydrogen) atoms. The molecule has 18 nitrogen and oxygen atoms in total. The number of nitrogens with one attached hydrogen (secondary N) is 2. The quantitative estimate of drug-likeness (QED) is 0.118. The van der Waals surface area contributed by atoms with Gasteiger partial charge in [-0.15, -0.1) is 0 Å². The summed E-state index contributed by atoms with van der Waals surface area (Å²) in [6.07, 6.45) is 2.28. The Morgan fingerprint density at radius 2 is 1.02 bits per heavy atom. The fourth-order valence-corrected chi connectivity index (χ4v) is 6.01. The van der Waals surface area contributed by atoms with E-state index in [-0.39, 0.29) is 46.1 Å². The summed E-state index contributed by atoms with van der Waals surface area (Å²) in [5.74, 6) is -5.38. The van der Waals surface area contributed by atoms with Crippen LogP contribution in [0.5, 0.6) is 0 Å². The number of hydrogen-bond acceptors (Lipinski definition) is 16. The summed E-state index contributed by atoms with van der Waals surface area (Å²) in [5.41, 5.74) is 34.2. The molecule has 2 aromatic rings. The van der Waals surface area contributed by atoms with Gasteiger partial charge in [-0.25, -0.2) is 9.98 Å². The van der Waals surface area contributed by atoms with Crippen LogP contribution in [0.25, 0.3) is 12.2 Å². The molecular formula is C20H24N12O6S2. The second-order valence-corrected chi connectivity index (χ2v) is 11.2. The van der Waals surface area contributed by atoms with Gasteiger partial charge in [0.1, 0.15) is 9.79 Å². The third-order valence-electron chi connectivity index (χ3n) is 5.56. The van der Waals surface area contributed by atoms with Crippen molar-refractivity contribution in [3.63, 3.8) is 0 Å². The second kappa shape index (κ2) is 9.55. The van der Waals surface area contributed by atoms with Gasteiger partial charge >= 0.3 is 0 Å². The number of nitrogens with two attached hydrogens (primary N) is 6. The normalized spacial score (nSPS) is 23.4. The maximum absolute atomic E-state index is 12.5. The molecule has 0 aromatic heterocycles.